The summed E-state index contributed by atoms with van der Waals surface area (Å²) in [5.74, 6) is 1.33. The zero-order valence-corrected chi connectivity index (χ0v) is 14.1. The number of imidazole rings is 2. The lowest BCUT2D eigenvalue weighted by Gasteiger charge is -2.18. The summed E-state index contributed by atoms with van der Waals surface area (Å²) < 4.78 is 7.83. The van der Waals surface area contributed by atoms with Gasteiger partial charge in [-0.2, -0.15) is 0 Å². The van der Waals surface area contributed by atoms with Crippen molar-refractivity contribution in [3.05, 3.63) is 48.3 Å². The number of aromatic nitrogens is 4. The Balaban J connectivity index is 1.44. The van der Waals surface area contributed by atoms with Gasteiger partial charge in [-0.3, -0.25) is 4.79 Å². The molecular formula is C18H21N5O2. The molecule has 0 aliphatic carbocycles. The maximum Gasteiger partial charge on any atom is 0.226 e. The number of rotatable bonds is 5. The van der Waals surface area contributed by atoms with E-state index in [0.29, 0.717) is 19.6 Å². The molecule has 0 spiro atoms. The summed E-state index contributed by atoms with van der Waals surface area (Å²) in [6, 6.07) is 7.82. The molecule has 1 fully saturated rings. The van der Waals surface area contributed by atoms with Gasteiger partial charge in [0.05, 0.1) is 23.5 Å². The minimum atomic E-state index is -0.286. The molecule has 2 aromatic heterocycles. The van der Waals surface area contributed by atoms with E-state index in [1.54, 1.807) is 6.20 Å². The lowest BCUT2D eigenvalue weighted by molar-refractivity contribution is -0.127. The number of carbonyl (C=O) groups excluding carboxylic acids is 1. The first-order valence-corrected chi connectivity index (χ1v) is 8.60. The van der Waals surface area contributed by atoms with Crippen LogP contribution in [0, 0.1) is 5.92 Å². The van der Waals surface area contributed by atoms with E-state index in [-0.39, 0.29) is 17.9 Å². The summed E-state index contributed by atoms with van der Waals surface area (Å²) in [5.41, 5.74) is 1.87. The number of amides is 1. The van der Waals surface area contributed by atoms with Crippen molar-refractivity contribution in [3.8, 4) is 0 Å². The molecule has 0 bridgehead atoms. The van der Waals surface area contributed by atoms with E-state index in [1.807, 2.05) is 35.0 Å². The second-order valence-corrected chi connectivity index (χ2v) is 6.18. The molecule has 7 heteroatoms. The maximum absolute atomic E-state index is 12.7. The Labute approximate surface area is 145 Å². The lowest BCUT2D eigenvalue weighted by Crippen LogP contribution is -2.33. The zero-order valence-electron chi connectivity index (χ0n) is 14.1. The average Bonchev–Trinajstić information content (AvgIpc) is 3.36. The van der Waals surface area contributed by atoms with Gasteiger partial charge in [0, 0.05) is 25.5 Å². The quantitative estimate of drug-likeness (QED) is 0.746. The van der Waals surface area contributed by atoms with E-state index in [9.17, 15) is 4.79 Å². The Morgan fingerprint density at radius 1 is 1.44 bits per heavy atom. The van der Waals surface area contributed by atoms with Crippen molar-refractivity contribution < 1.29 is 9.53 Å². The van der Waals surface area contributed by atoms with Crippen LogP contribution in [0.15, 0.2) is 36.7 Å². The molecule has 3 heterocycles. The van der Waals surface area contributed by atoms with Crippen LogP contribution in [0.5, 0.6) is 0 Å². The van der Waals surface area contributed by atoms with E-state index in [0.717, 1.165) is 29.2 Å². The highest BCUT2D eigenvalue weighted by Gasteiger charge is 2.37. The minimum Gasteiger partial charge on any atom is -0.369 e. The van der Waals surface area contributed by atoms with Gasteiger partial charge in [0.25, 0.3) is 0 Å². The van der Waals surface area contributed by atoms with Gasteiger partial charge in [0.15, 0.2) is 0 Å². The van der Waals surface area contributed by atoms with Gasteiger partial charge in [0.1, 0.15) is 17.8 Å². The van der Waals surface area contributed by atoms with E-state index < -0.39 is 0 Å². The van der Waals surface area contributed by atoms with Gasteiger partial charge in [0.2, 0.25) is 5.91 Å². The molecule has 1 aromatic carbocycles. The normalized spacial score (nSPS) is 20.2. The van der Waals surface area contributed by atoms with Crippen LogP contribution in [0.4, 0.5) is 0 Å². The van der Waals surface area contributed by atoms with Gasteiger partial charge >= 0.3 is 0 Å². The highest BCUT2D eigenvalue weighted by atomic mass is 16.5. The number of ether oxygens (including phenoxy) is 1. The zero-order chi connectivity index (χ0) is 17.2. The largest absolute Gasteiger partial charge is 0.369 e. The number of fused-ring (bicyclic) bond motifs is 1. The molecule has 1 aliphatic heterocycles. The predicted octanol–water partition coefficient (Wildman–Crippen LogP) is 2.17. The average molecular weight is 339 g/mol. The van der Waals surface area contributed by atoms with Gasteiger partial charge in [-0.15, -0.1) is 0 Å². The smallest absolute Gasteiger partial charge is 0.226 e. The van der Waals surface area contributed by atoms with Gasteiger partial charge in [-0.1, -0.05) is 12.1 Å². The summed E-state index contributed by atoms with van der Waals surface area (Å²) in [6.07, 6.45) is 4.09. The first kappa shape index (κ1) is 15.8. The number of hydrogen-bond donors (Lipinski definition) is 2. The van der Waals surface area contributed by atoms with Crippen molar-refractivity contribution in [1.82, 2.24) is 24.8 Å². The van der Waals surface area contributed by atoms with Crippen molar-refractivity contribution in [2.45, 2.75) is 32.5 Å². The summed E-state index contributed by atoms with van der Waals surface area (Å²) in [4.78, 5) is 24.8. The van der Waals surface area contributed by atoms with Crippen molar-refractivity contribution in [2.75, 3.05) is 6.61 Å². The molecule has 2 N–H and O–H groups in total. The van der Waals surface area contributed by atoms with Gasteiger partial charge in [-0.25, -0.2) is 9.97 Å². The monoisotopic (exact) mass is 339 g/mol. The molecule has 0 radical (unpaired) electrons. The van der Waals surface area contributed by atoms with Crippen molar-refractivity contribution >= 4 is 16.9 Å². The second-order valence-electron chi connectivity index (χ2n) is 6.18. The van der Waals surface area contributed by atoms with Crippen LogP contribution < -0.4 is 5.32 Å². The Hall–Kier alpha value is -2.67. The molecule has 1 saturated heterocycles. The van der Waals surface area contributed by atoms with Gasteiger partial charge in [-0.05, 0) is 25.5 Å². The van der Waals surface area contributed by atoms with Gasteiger partial charge < -0.3 is 19.6 Å². The molecule has 3 aromatic rings. The van der Waals surface area contributed by atoms with Crippen LogP contribution in [0.1, 0.15) is 31.1 Å². The number of aromatic amines is 1. The first-order chi connectivity index (χ1) is 12.3. The third kappa shape index (κ3) is 3.02. The molecule has 7 nitrogen and oxygen atoms in total. The van der Waals surface area contributed by atoms with Crippen molar-refractivity contribution in [1.29, 1.82) is 0 Å². The molecule has 0 saturated carbocycles. The molecular weight excluding hydrogens is 318 g/mol. The SMILES string of the molecule is CCn1ccnc1[C@@H]1OCC[C@H]1C(=O)NCc1nc2ccccc2[nH]1. The lowest BCUT2D eigenvalue weighted by atomic mass is 10.00. The molecule has 130 valence electrons. The Morgan fingerprint density at radius 3 is 3.16 bits per heavy atom. The molecule has 1 amide bonds. The highest BCUT2D eigenvalue weighted by Crippen LogP contribution is 2.33. The van der Waals surface area contributed by atoms with E-state index >= 15 is 0 Å². The van der Waals surface area contributed by atoms with E-state index in [1.165, 1.54) is 0 Å². The van der Waals surface area contributed by atoms with Crippen LogP contribution in [-0.4, -0.2) is 32.0 Å². The first-order valence-electron chi connectivity index (χ1n) is 8.60. The Bertz CT molecular complexity index is 851. The fourth-order valence-electron chi connectivity index (χ4n) is 3.35. The highest BCUT2D eigenvalue weighted by molar-refractivity contribution is 5.80. The number of aryl methyl sites for hydroxylation is 1. The van der Waals surface area contributed by atoms with E-state index in [2.05, 4.69) is 27.2 Å². The Kier molecular flexibility index (Phi) is 4.23. The third-order valence-corrected chi connectivity index (χ3v) is 4.64. The number of nitrogens with zero attached hydrogens (tertiary/aromatic N) is 3. The van der Waals surface area contributed by atoms with E-state index in [4.69, 9.17) is 4.74 Å². The number of carbonyl (C=O) groups is 1. The topological polar surface area (TPSA) is 84.8 Å². The summed E-state index contributed by atoms with van der Waals surface area (Å²) >= 11 is 0. The number of para-hydroxylation sites is 2. The summed E-state index contributed by atoms with van der Waals surface area (Å²) in [7, 11) is 0. The third-order valence-electron chi connectivity index (χ3n) is 4.64. The van der Waals surface area contributed by atoms with Crippen LogP contribution in [0.2, 0.25) is 0 Å². The molecule has 1 aliphatic rings. The summed E-state index contributed by atoms with van der Waals surface area (Å²) in [6.45, 7) is 3.81. The number of benzene rings is 1. The molecule has 4 rings (SSSR count). The standard InChI is InChI=1S/C18H21N5O2/c1-2-23-9-8-19-17(23)16-12(7-10-25-16)18(24)20-11-15-21-13-5-3-4-6-14(13)22-15/h3-6,8-9,12,16H,2,7,10-11H2,1H3,(H,20,24)(H,21,22)/t12-,16-/m1/s1. The van der Waals surface area contributed by atoms with Crippen molar-refractivity contribution in [3.63, 3.8) is 0 Å². The predicted molar refractivity (Wildman–Crippen MR) is 92.6 cm³/mol. The van der Waals surface area contributed by atoms with Crippen LogP contribution in [0.25, 0.3) is 11.0 Å². The van der Waals surface area contributed by atoms with Crippen molar-refractivity contribution in [2.24, 2.45) is 5.92 Å². The molecule has 2 atom stereocenters. The fourth-order valence-corrected chi connectivity index (χ4v) is 3.35. The second kappa shape index (κ2) is 6.68. The minimum absolute atomic E-state index is 0.0198. The fraction of sp³-hybridized carbons (Fsp3) is 0.389. The van der Waals surface area contributed by atoms with Crippen LogP contribution >= 0.6 is 0 Å². The molecule has 0 unspecified atom stereocenters. The summed E-state index contributed by atoms with van der Waals surface area (Å²) in [5, 5.41) is 2.98. The number of hydrogen-bond acceptors (Lipinski definition) is 4. The number of H-pyrrole nitrogens is 1. The number of nitrogens with one attached hydrogen (secondary N) is 2. The Morgan fingerprint density at radius 2 is 2.32 bits per heavy atom. The molecule has 25 heavy (non-hydrogen) atoms. The van der Waals surface area contributed by atoms with Crippen LogP contribution in [-0.2, 0) is 22.6 Å². The maximum atomic E-state index is 12.7. The van der Waals surface area contributed by atoms with Crippen LogP contribution in [0.3, 0.4) is 0 Å².